The molecule has 0 aliphatic carbocycles. The number of pyridine rings is 1. The second-order valence-electron chi connectivity index (χ2n) is 6.51. The van der Waals surface area contributed by atoms with Crippen molar-refractivity contribution in [2.75, 3.05) is 26.2 Å². The Morgan fingerprint density at radius 3 is 2.52 bits per heavy atom. The average molecular weight is 334 g/mol. The number of hydrogen-bond acceptors (Lipinski definition) is 3. The molecule has 128 valence electrons. The molecule has 1 atom stereocenters. The number of fused-ring (bicyclic) bond motifs is 1. The lowest BCUT2D eigenvalue weighted by Crippen LogP contribution is -2.49. The topological polar surface area (TPSA) is 52.2 Å². The summed E-state index contributed by atoms with van der Waals surface area (Å²) in [5.74, 6) is 0.159. The van der Waals surface area contributed by atoms with Crippen LogP contribution in [0.1, 0.15) is 24.1 Å². The molecule has 0 spiro atoms. The van der Waals surface area contributed by atoms with Crippen LogP contribution in [0.2, 0.25) is 0 Å². The summed E-state index contributed by atoms with van der Waals surface area (Å²) in [5.41, 5.74) is 3.66. The second kappa shape index (κ2) is 6.69. The number of para-hydroxylation sites is 1. The van der Waals surface area contributed by atoms with Crippen LogP contribution in [0.15, 0.2) is 55.0 Å². The van der Waals surface area contributed by atoms with Crippen LogP contribution >= 0.6 is 0 Å². The van der Waals surface area contributed by atoms with E-state index < -0.39 is 0 Å². The Kier molecular flexibility index (Phi) is 4.24. The number of hydrogen-bond donors (Lipinski definition) is 1. The number of amides is 1. The van der Waals surface area contributed by atoms with Crippen LogP contribution in [-0.2, 0) is 4.79 Å². The Morgan fingerprint density at radius 1 is 1.08 bits per heavy atom. The molecule has 1 N–H and O–H groups in total. The van der Waals surface area contributed by atoms with Crippen LogP contribution in [0, 0.1) is 0 Å². The summed E-state index contributed by atoms with van der Waals surface area (Å²) >= 11 is 0. The highest BCUT2D eigenvalue weighted by Gasteiger charge is 2.28. The molecule has 5 nitrogen and oxygen atoms in total. The lowest BCUT2D eigenvalue weighted by Gasteiger charge is -2.39. The van der Waals surface area contributed by atoms with E-state index in [0.717, 1.165) is 31.7 Å². The molecule has 1 fully saturated rings. The lowest BCUT2D eigenvalue weighted by atomic mass is 9.96. The zero-order valence-corrected chi connectivity index (χ0v) is 14.4. The SMILES string of the molecule is CC(=O)N1CCN(C(c2ccncc2)c2c[nH]c3ccccc23)CC1. The average Bonchev–Trinajstić information content (AvgIpc) is 3.07. The highest BCUT2D eigenvalue weighted by atomic mass is 16.2. The first kappa shape index (κ1) is 15.8. The standard InChI is InChI=1S/C20H22N4O/c1-15(25)23-10-12-24(13-11-23)20(16-6-8-21-9-7-16)18-14-22-19-5-3-2-4-17(18)19/h2-9,14,20,22H,10-13H2,1H3. The van der Waals surface area contributed by atoms with Crippen LogP contribution in [0.25, 0.3) is 10.9 Å². The predicted octanol–water partition coefficient (Wildman–Crippen LogP) is 2.82. The molecule has 1 amide bonds. The third-order valence-corrected chi connectivity index (χ3v) is 5.06. The van der Waals surface area contributed by atoms with Gasteiger partial charge in [-0.15, -0.1) is 0 Å². The van der Waals surface area contributed by atoms with E-state index in [1.165, 1.54) is 16.5 Å². The van der Waals surface area contributed by atoms with Crippen molar-refractivity contribution >= 4 is 16.8 Å². The molecule has 1 saturated heterocycles. The van der Waals surface area contributed by atoms with Gasteiger partial charge in [-0.2, -0.15) is 0 Å². The molecule has 0 saturated carbocycles. The summed E-state index contributed by atoms with van der Waals surface area (Å²) in [4.78, 5) is 23.6. The molecule has 1 unspecified atom stereocenters. The van der Waals surface area contributed by atoms with Gasteiger partial charge in [-0.3, -0.25) is 14.7 Å². The minimum absolute atomic E-state index is 0.159. The van der Waals surface area contributed by atoms with Gasteiger partial charge in [0.25, 0.3) is 0 Å². The molecule has 0 bridgehead atoms. The Labute approximate surface area is 147 Å². The highest BCUT2D eigenvalue weighted by molar-refractivity contribution is 5.84. The highest BCUT2D eigenvalue weighted by Crippen LogP contribution is 2.34. The molecular formula is C20H22N4O. The Hall–Kier alpha value is -2.66. The lowest BCUT2D eigenvalue weighted by molar-refractivity contribution is -0.130. The number of carbonyl (C=O) groups is 1. The van der Waals surface area contributed by atoms with Gasteiger partial charge in [0.05, 0.1) is 6.04 Å². The minimum Gasteiger partial charge on any atom is -0.361 e. The fraction of sp³-hybridized carbons (Fsp3) is 0.300. The van der Waals surface area contributed by atoms with E-state index >= 15 is 0 Å². The van der Waals surface area contributed by atoms with Crippen molar-refractivity contribution in [3.05, 3.63) is 66.1 Å². The third kappa shape index (κ3) is 3.03. The molecule has 1 aliphatic heterocycles. The monoisotopic (exact) mass is 334 g/mol. The zero-order valence-electron chi connectivity index (χ0n) is 14.4. The normalized spacial score (nSPS) is 16.9. The molecule has 1 aliphatic rings. The van der Waals surface area contributed by atoms with Gasteiger partial charge in [-0.1, -0.05) is 18.2 Å². The Balaban J connectivity index is 1.72. The van der Waals surface area contributed by atoms with Gasteiger partial charge in [0.15, 0.2) is 0 Å². The van der Waals surface area contributed by atoms with E-state index in [2.05, 4.69) is 57.5 Å². The van der Waals surface area contributed by atoms with E-state index in [-0.39, 0.29) is 11.9 Å². The van der Waals surface area contributed by atoms with Crippen molar-refractivity contribution in [2.24, 2.45) is 0 Å². The summed E-state index contributed by atoms with van der Waals surface area (Å²) in [5, 5.41) is 1.25. The van der Waals surface area contributed by atoms with Crippen LogP contribution in [0.5, 0.6) is 0 Å². The molecule has 3 aromatic rings. The zero-order chi connectivity index (χ0) is 17.2. The van der Waals surface area contributed by atoms with E-state index in [0.29, 0.717) is 0 Å². The number of benzene rings is 1. The molecule has 3 heterocycles. The van der Waals surface area contributed by atoms with E-state index in [1.54, 1.807) is 6.92 Å². The van der Waals surface area contributed by atoms with Gasteiger partial charge >= 0.3 is 0 Å². The van der Waals surface area contributed by atoms with Gasteiger partial charge < -0.3 is 9.88 Å². The van der Waals surface area contributed by atoms with Crippen molar-refractivity contribution in [1.82, 2.24) is 19.8 Å². The summed E-state index contributed by atoms with van der Waals surface area (Å²) in [6, 6.07) is 12.7. The van der Waals surface area contributed by atoms with Crippen molar-refractivity contribution in [3.63, 3.8) is 0 Å². The first-order valence-corrected chi connectivity index (χ1v) is 8.69. The first-order chi connectivity index (χ1) is 12.2. The van der Waals surface area contributed by atoms with Gasteiger partial charge in [-0.25, -0.2) is 0 Å². The maximum absolute atomic E-state index is 11.6. The number of carbonyl (C=O) groups excluding carboxylic acids is 1. The minimum atomic E-state index is 0.159. The van der Waals surface area contributed by atoms with Crippen molar-refractivity contribution < 1.29 is 4.79 Å². The fourth-order valence-corrected chi connectivity index (χ4v) is 3.75. The molecule has 0 radical (unpaired) electrons. The predicted molar refractivity (Wildman–Crippen MR) is 98.2 cm³/mol. The maximum atomic E-state index is 11.6. The molecule has 1 aromatic carbocycles. The maximum Gasteiger partial charge on any atom is 0.219 e. The largest absolute Gasteiger partial charge is 0.361 e. The second-order valence-corrected chi connectivity index (χ2v) is 6.51. The summed E-state index contributed by atoms with van der Waals surface area (Å²) in [7, 11) is 0. The van der Waals surface area contributed by atoms with Crippen LogP contribution in [0.4, 0.5) is 0 Å². The van der Waals surface area contributed by atoms with Gasteiger partial charge in [0, 0.05) is 62.6 Å². The molecule has 25 heavy (non-hydrogen) atoms. The molecular weight excluding hydrogens is 312 g/mol. The van der Waals surface area contributed by atoms with E-state index in [9.17, 15) is 4.79 Å². The molecule has 5 heteroatoms. The summed E-state index contributed by atoms with van der Waals surface area (Å²) < 4.78 is 0. The number of H-pyrrole nitrogens is 1. The number of aromatic nitrogens is 2. The quantitative estimate of drug-likeness (QED) is 0.801. The van der Waals surface area contributed by atoms with Crippen LogP contribution < -0.4 is 0 Å². The van der Waals surface area contributed by atoms with E-state index in [1.807, 2.05) is 17.3 Å². The van der Waals surface area contributed by atoms with Gasteiger partial charge in [-0.05, 0) is 29.3 Å². The van der Waals surface area contributed by atoms with Crippen LogP contribution in [0.3, 0.4) is 0 Å². The number of nitrogens with zero attached hydrogens (tertiary/aromatic N) is 3. The number of nitrogens with one attached hydrogen (secondary N) is 1. The number of aromatic amines is 1. The smallest absolute Gasteiger partial charge is 0.219 e. The van der Waals surface area contributed by atoms with Crippen LogP contribution in [-0.4, -0.2) is 51.9 Å². The van der Waals surface area contributed by atoms with Crippen molar-refractivity contribution in [1.29, 1.82) is 0 Å². The molecule has 4 rings (SSSR count). The first-order valence-electron chi connectivity index (χ1n) is 8.69. The third-order valence-electron chi connectivity index (χ3n) is 5.06. The van der Waals surface area contributed by atoms with Gasteiger partial charge in [0.1, 0.15) is 0 Å². The van der Waals surface area contributed by atoms with E-state index in [4.69, 9.17) is 0 Å². The number of rotatable bonds is 3. The van der Waals surface area contributed by atoms with Crippen molar-refractivity contribution in [3.8, 4) is 0 Å². The van der Waals surface area contributed by atoms with Gasteiger partial charge in [0.2, 0.25) is 5.91 Å². The Morgan fingerprint density at radius 2 is 1.80 bits per heavy atom. The van der Waals surface area contributed by atoms with Crippen molar-refractivity contribution in [2.45, 2.75) is 13.0 Å². The molecule has 2 aromatic heterocycles. The summed E-state index contributed by atoms with van der Waals surface area (Å²) in [6.45, 7) is 4.94. The number of piperazine rings is 1. The Bertz CT molecular complexity index is 866. The fourth-order valence-electron chi connectivity index (χ4n) is 3.75. The summed E-state index contributed by atoms with van der Waals surface area (Å²) in [6.07, 6.45) is 5.82.